The molecule has 0 saturated heterocycles. The van der Waals surface area contributed by atoms with Crippen LogP contribution in [0, 0.1) is 5.92 Å². The number of carbonyl (C=O) groups is 1. The zero-order valence-electron chi connectivity index (χ0n) is 17.8. The smallest absolute Gasteiger partial charge is 0.343 e. The van der Waals surface area contributed by atoms with Crippen molar-refractivity contribution < 1.29 is 19.1 Å². The Morgan fingerprint density at radius 1 is 1.14 bits per heavy atom. The number of ether oxygens (including phenoxy) is 1. The van der Waals surface area contributed by atoms with Gasteiger partial charge in [0.05, 0.1) is 6.54 Å². The number of aliphatic hydroxyl groups is 1. The summed E-state index contributed by atoms with van der Waals surface area (Å²) in [6.07, 6.45) is 4.85. The van der Waals surface area contributed by atoms with Crippen molar-refractivity contribution in [3.63, 3.8) is 0 Å². The van der Waals surface area contributed by atoms with Crippen LogP contribution in [0.4, 0.5) is 0 Å². The molecule has 0 radical (unpaired) electrons. The van der Waals surface area contributed by atoms with Gasteiger partial charge in [-0.2, -0.15) is 0 Å². The lowest BCUT2D eigenvalue weighted by molar-refractivity contribution is -0.177. The Bertz CT molecular complexity index is 779. The van der Waals surface area contributed by atoms with Crippen LogP contribution in [0.15, 0.2) is 46.9 Å². The molecule has 0 amide bonds. The summed E-state index contributed by atoms with van der Waals surface area (Å²) in [5.74, 6) is 0.702. The molecule has 1 aliphatic rings. The lowest BCUT2D eigenvalue weighted by Gasteiger charge is -2.36. The Morgan fingerprint density at radius 3 is 2.45 bits per heavy atom. The van der Waals surface area contributed by atoms with Gasteiger partial charge in [-0.25, -0.2) is 4.79 Å². The van der Waals surface area contributed by atoms with Gasteiger partial charge in [-0.1, -0.05) is 49.6 Å². The van der Waals surface area contributed by atoms with Gasteiger partial charge in [-0.05, 0) is 51.4 Å². The van der Waals surface area contributed by atoms with Crippen LogP contribution in [0.5, 0.6) is 0 Å². The Kier molecular flexibility index (Phi) is 7.14. The van der Waals surface area contributed by atoms with Gasteiger partial charge in [-0.3, -0.25) is 4.90 Å². The minimum Gasteiger partial charge on any atom is -0.461 e. The molecule has 0 bridgehead atoms. The van der Waals surface area contributed by atoms with Crippen LogP contribution in [-0.2, 0) is 28.3 Å². The molecule has 5 heteroatoms. The zero-order valence-corrected chi connectivity index (χ0v) is 17.8. The van der Waals surface area contributed by atoms with Crippen molar-refractivity contribution in [1.82, 2.24) is 4.90 Å². The first kappa shape index (κ1) is 21.6. The van der Waals surface area contributed by atoms with Crippen molar-refractivity contribution in [3.05, 3.63) is 59.5 Å². The van der Waals surface area contributed by atoms with Crippen molar-refractivity contribution >= 4 is 5.97 Å². The van der Waals surface area contributed by atoms with Crippen LogP contribution in [0.25, 0.3) is 0 Å². The highest BCUT2D eigenvalue weighted by Gasteiger charge is 2.47. The van der Waals surface area contributed by atoms with Gasteiger partial charge in [0.15, 0.2) is 5.60 Å². The third-order valence-corrected chi connectivity index (χ3v) is 6.07. The third kappa shape index (κ3) is 5.09. The summed E-state index contributed by atoms with van der Waals surface area (Å²) in [5, 5.41) is 11.5. The molecule has 1 heterocycles. The molecule has 158 valence electrons. The normalized spacial score (nSPS) is 17.4. The molecule has 1 saturated carbocycles. The van der Waals surface area contributed by atoms with E-state index < -0.39 is 11.6 Å². The predicted molar refractivity (Wildman–Crippen MR) is 112 cm³/mol. The minimum absolute atomic E-state index is 0.0199. The topological polar surface area (TPSA) is 62.9 Å². The number of carbonyl (C=O) groups excluding carboxylic acids is 1. The Morgan fingerprint density at radius 2 is 1.79 bits per heavy atom. The van der Waals surface area contributed by atoms with Gasteiger partial charge in [0.25, 0.3) is 0 Å². The number of hydrogen-bond acceptors (Lipinski definition) is 5. The van der Waals surface area contributed by atoms with Crippen LogP contribution < -0.4 is 0 Å². The summed E-state index contributed by atoms with van der Waals surface area (Å²) in [6, 6.07) is 13.4. The maximum atomic E-state index is 13.1. The number of furan rings is 1. The van der Waals surface area contributed by atoms with E-state index in [-0.39, 0.29) is 12.5 Å². The van der Waals surface area contributed by atoms with Crippen LogP contribution >= 0.6 is 0 Å². The molecule has 0 unspecified atom stereocenters. The van der Waals surface area contributed by atoms with Gasteiger partial charge >= 0.3 is 5.97 Å². The zero-order chi connectivity index (χ0) is 20.9. The highest BCUT2D eigenvalue weighted by molar-refractivity contribution is 5.81. The van der Waals surface area contributed by atoms with Crippen LogP contribution in [0.1, 0.15) is 63.0 Å². The monoisotopic (exact) mass is 399 g/mol. The summed E-state index contributed by atoms with van der Waals surface area (Å²) < 4.78 is 11.4. The average molecular weight is 400 g/mol. The molecule has 0 spiro atoms. The van der Waals surface area contributed by atoms with E-state index in [0.29, 0.717) is 23.9 Å². The fraction of sp³-hybridized carbons (Fsp3) is 0.542. The van der Waals surface area contributed by atoms with E-state index >= 15 is 0 Å². The average Bonchev–Trinajstić information content (AvgIpc) is 3.19. The quantitative estimate of drug-likeness (QED) is 0.656. The maximum Gasteiger partial charge on any atom is 0.343 e. The molecule has 1 fully saturated rings. The summed E-state index contributed by atoms with van der Waals surface area (Å²) >= 11 is 0. The number of esters is 1. The molecule has 1 aromatic heterocycles. The highest BCUT2D eigenvalue weighted by atomic mass is 16.6. The van der Waals surface area contributed by atoms with E-state index in [2.05, 4.69) is 18.7 Å². The van der Waals surface area contributed by atoms with Crippen molar-refractivity contribution in [3.8, 4) is 0 Å². The van der Waals surface area contributed by atoms with Crippen molar-refractivity contribution in [1.29, 1.82) is 0 Å². The Hall–Kier alpha value is -2.11. The Balaban J connectivity index is 1.70. The first-order valence-electron chi connectivity index (χ1n) is 10.6. The molecule has 1 N–H and O–H groups in total. The highest BCUT2D eigenvalue weighted by Crippen LogP contribution is 2.40. The van der Waals surface area contributed by atoms with E-state index in [1.807, 2.05) is 49.5 Å². The van der Waals surface area contributed by atoms with E-state index in [9.17, 15) is 9.90 Å². The third-order valence-electron chi connectivity index (χ3n) is 6.07. The lowest BCUT2D eigenvalue weighted by atomic mass is 9.73. The van der Waals surface area contributed by atoms with Gasteiger partial charge in [0, 0.05) is 12.0 Å². The molecule has 2 aromatic rings. The van der Waals surface area contributed by atoms with Gasteiger partial charge in [0.1, 0.15) is 18.1 Å². The van der Waals surface area contributed by atoms with E-state index in [1.54, 1.807) is 0 Å². The maximum absolute atomic E-state index is 13.1. The molecule has 29 heavy (non-hydrogen) atoms. The fourth-order valence-corrected chi connectivity index (χ4v) is 3.99. The molecule has 1 aliphatic carbocycles. The lowest BCUT2D eigenvalue weighted by Crippen LogP contribution is -2.45. The van der Waals surface area contributed by atoms with E-state index in [1.165, 1.54) is 0 Å². The second-order valence-electron chi connectivity index (χ2n) is 8.42. The molecule has 5 nitrogen and oxygen atoms in total. The fourth-order valence-electron chi connectivity index (χ4n) is 3.99. The standard InChI is InChI=1S/C24H33NO4/c1-18(2)25(3)16-21-14-15-22(29-21)17-28-23(26)24(27,19-10-6-4-7-11-19)20-12-8-5-9-13-20/h4,6-7,10-11,14-15,18,20,27H,5,8-9,12-13,16-17H2,1-3H3/t24-/m0/s1. The van der Waals surface area contributed by atoms with E-state index in [0.717, 1.165) is 37.9 Å². The summed E-state index contributed by atoms with van der Waals surface area (Å²) in [6.45, 7) is 4.97. The molecular formula is C24H33NO4. The number of benzene rings is 1. The SMILES string of the molecule is CC(C)N(C)Cc1ccc(COC(=O)[C@](O)(c2ccccc2)C2CCCCC2)o1. The van der Waals surface area contributed by atoms with Crippen molar-refractivity contribution in [2.75, 3.05) is 7.05 Å². The first-order valence-corrected chi connectivity index (χ1v) is 10.6. The summed E-state index contributed by atoms with van der Waals surface area (Å²) in [7, 11) is 2.04. The first-order chi connectivity index (χ1) is 13.9. The van der Waals surface area contributed by atoms with Crippen molar-refractivity contribution in [2.45, 2.75) is 70.7 Å². The Labute approximate surface area is 173 Å². The molecule has 0 aliphatic heterocycles. The second-order valence-corrected chi connectivity index (χ2v) is 8.42. The van der Waals surface area contributed by atoms with Gasteiger partial charge in [0.2, 0.25) is 0 Å². The number of nitrogens with zero attached hydrogens (tertiary/aromatic N) is 1. The molecule has 1 atom stereocenters. The molecule has 1 aromatic carbocycles. The van der Waals surface area contributed by atoms with Crippen LogP contribution in [-0.4, -0.2) is 29.1 Å². The molecule has 3 rings (SSSR count). The number of rotatable bonds is 8. The summed E-state index contributed by atoms with van der Waals surface area (Å²) in [5.41, 5.74) is -1.01. The summed E-state index contributed by atoms with van der Waals surface area (Å²) in [4.78, 5) is 15.3. The minimum atomic E-state index is -1.62. The second kappa shape index (κ2) is 9.59. The van der Waals surface area contributed by atoms with Crippen LogP contribution in [0.3, 0.4) is 0 Å². The van der Waals surface area contributed by atoms with Gasteiger partial charge < -0.3 is 14.3 Å². The number of hydrogen-bond donors (Lipinski definition) is 1. The van der Waals surface area contributed by atoms with E-state index in [4.69, 9.17) is 9.15 Å². The van der Waals surface area contributed by atoms with Crippen LogP contribution in [0.2, 0.25) is 0 Å². The van der Waals surface area contributed by atoms with Crippen molar-refractivity contribution in [2.24, 2.45) is 5.92 Å². The predicted octanol–water partition coefficient (Wildman–Crippen LogP) is 4.63. The molecular weight excluding hydrogens is 366 g/mol. The van der Waals surface area contributed by atoms with Gasteiger partial charge in [-0.15, -0.1) is 0 Å². The largest absolute Gasteiger partial charge is 0.461 e.